The Bertz CT molecular complexity index is 1150. The van der Waals surface area contributed by atoms with Crippen molar-refractivity contribution < 1.29 is 14.4 Å². The highest BCUT2D eigenvalue weighted by molar-refractivity contribution is 5.93. The molecule has 0 aromatic heterocycles. The van der Waals surface area contributed by atoms with Gasteiger partial charge >= 0.3 is 0 Å². The molecule has 2 aromatic rings. The molecular weight excluding hydrogens is 452 g/mol. The van der Waals surface area contributed by atoms with E-state index in [-0.39, 0.29) is 36.2 Å². The van der Waals surface area contributed by atoms with Gasteiger partial charge in [0.05, 0.1) is 12.1 Å². The van der Waals surface area contributed by atoms with E-state index in [1.165, 1.54) is 24.5 Å². The molecular formula is C29H36N4O3. The van der Waals surface area contributed by atoms with Crippen LogP contribution in [0.25, 0.3) is 0 Å². The van der Waals surface area contributed by atoms with Crippen molar-refractivity contribution in [1.29, 1.82) is 0 Å². The van der Waals surface area contributed by atoms with Crippen molar-refractivity contribution >= 4 is 23.4 Å². The Morgan fingerprint density at radius 1 is 0.972 bits per heavy atom. The summed E-state index contributed by atoms with van der Waals surface area (Å²) in [7, 11) is 0. The smallest absolute Gasteiger partial charge is 0.238 e. The number of fused-ring (bicyclic) bond motifs is 2. The van der Waals surface area contributed by atoms with Crippen molar-refractivity contribution in [3.63, 3.8) is 0 Å². The Morgan fingerprint density at radius 3 is 2.50 bits per heavy atom. The van der Waals surface area contributed by atoms with E-state index in [9.17, 15) is 14.4 Å². The lowest BCUT2D eigenvalue weighted by molar-refractivity contribution is -0.134. The summed E-state index contributed by atoms with van der Waals surface area (Å²) in [6.45, 7) is 4.96. The van der Waals surface area contributed by atoms with Crippen LogP contribution in [0.3, 0.4) is 0 Å². The second-order valence-corrected chi connectivity index (χ2v) is 10.6. The number of nitrogens with zero attached hydrogens (tertiary/aromatic N) is 2. The van der Waals surface area contributed by atoms with Gasteiger partial charge in [-0.05, 0) is 54.9 Å². The van der Waals surface area contributed by atoms with E-state index in [4.69, 9.17) is 0 Å². The molecule has 0 bridgehead atoms. The molecule has 3 aliphatic rings. The van der Waals surface area contributed by atoms with Gasteiger partial charge in [-0.1, -0.05) is 42.5 Å². The number of carbonyl (C=O) groups excluding carboxylic acids is 3. The molecule has 0 unspecified atom stereocenters. The summed E-state index contributed by atoms with van der Waals surface area (Å²) in [5.74, 6) is -0.0504. The number of amides is 3. The highest BCUT2D eigenvalue weighted by Gasteiger charge is 2.56. The molecule has 2 aliphatic heterocycles. The number of hydrogen-bond donors (Lipinski definition) is 2. The van der Waals surface area contributed by atoms with Crippen molar-refractivity contribution in [3.8, 4) is 0 Å². The molecule has 2 fully saturated rings. The zero-order valence-corrected chi connectivity index (χ0v) is 21.3. The van der Waals surface area contributed by atoms with Crippen LogP contribution in [0, 0.1) is 5.92 Å². The van der Waals surface area contributed by atoms with Crippen LogP contribution in [0.4, 0.5) is 5.69 Å². The first kappa shape index (κ1) is 24.5. The third-order valence-electron chi connectivity index (χ3n) is 8.18. The molecule has 7 nitrogen and oxygen atoms in total. The van der Waals surface area contributed by atoms with Crippen molar-refractivity contribution in [3.05, 3.63) is 65.2 Å². The fraction of sp³-hybridized carbons (Fsp3) is 0.483. The SMILES string of the molecule is CC(=O)N[C@@]12CN(C(C)=O)CC[C@@H]1[C@@H](c1ccccc1)N(CC(=O)Nc1cccc3c1CCCC3)C2. The topological polar surface area (TPSA) is 81.8 Å². The molecule has 190 valence electrons. The second-order valence-electron chi connectivity index (χ2n) is 10.6. The van der Waals surface area contributed by atoms with Crippen LogP contribution in [0.2, 0.25) is 0 Å². The van der Waals surface area contributed by atoms with Crippen LogP contribution >= 0.6 is 0 Å². The van der Waals surface area contributed by atoms with Gasteiger partial charge in [0.2, 0.25) is 17.7 Å². The number of hydrogen-bond acceptors (Lipinski definition) is 4. The lowest BCUT2D eigenvalue weighted by atomic mass is 9.75. The van der Waals surface area contributed by atoms with Gasteiger partial charge in [-0.15, -0.1) is 0 Å². The van der Waals surface area contributed by atoms with Crippen LogP contribution in [-0.2, 0) is 27.2 Å². The number of piperidine rings is 1. The van der Waals surface area contributed by atoms with Gasteiger partial charge in [-0.3, -0.25) is 19.3 Å². The summed E-state index contributed by atoms with van der Waals surface area (Å²) in [6.07, 6.45) is 5.17. The predicted octanol–water partition coefficient (Wildman–Crippen LogP) is 3.30. The number of benzene rings is 2. The average molecular weight is 489 g/mol. The molecule has 7 heteroatoms. The predicted molar refractivity (Wildman–Crippen MR) is 139 cm³/mol. The monoisotopic (exact) mass is 488 g/mol. The Balaban J connectivity index is 1.44. The molecule has 3 amide bonds. The number of carbonyl (C=O) groups is 3. The number of nitrogens with one attached hydrogen (secondary N) is 2. The van der Waals surface area contributed by atoms with Gasteiger partial charge in [-0.25, -0.2) is 0 Å². The lowest BCUT2D eigenvalue weighted by Crippen LogP contribution is -2.64. The van der Waals surface area contributed by atoms with Crippen molar-refractivity contribution in [2.24, 2.45) is 5.92 Å². The van der Waals surface area contributed by atoms with Crippen molar-refractivity contribution in [1.82, 2.24) is 15.1 Å². The van der Waals surface area contributed by atoms with Gasteiger partial charge in [0.25, 0.3) is 0 Å². The van der Waals surface area contributed by atoms with Crippen LogP contribution in [-0.4, -0.2) is 59.2 Å². The third kappa shape index (κ3) is 4.76. The Morgan fingerprint density at radius 2 is 1.75 bits per heavy atom. The van der Waals surface area contributed by atoms with Gasteiger partial charge in [-0.2, -0.15) is 0 Å². The first-order valence-corrected chi connectivity index (χ1v) is 13.1. The first-order chi connectivity index (χ1) is 17.4. The Labute approximate surface area is 213 Å². The maximum Gasteiger partial charge on any atom is 0.238 e. The average Bonchev–Trinajstić information content (AvgIpc) is 3.16. The largest absolute Gasteiger partial charge is 0.347 e. The molecule has 5 rings (SSSR count). The highest BCUT2D eigenvalue weighted by atomic mass is 16.2. The van der Waals surface area contributed by atoms with E-state index >= 15 is 0 Å². The quantitative estimate of drug-likeness (QED) is 0.677. The molecule has 1 aliphatic carbocycles. The minimum absolute atomic E-state index is 0.0134. The normalized spacial score (nSPS) is 25.6. The van der Waals surface area contributed by atoms with E-state index in [0.29, 0.717) is 19.6 Å². The fourth-order valence-corrected chi connectivity index (χ4v) is 6.76. The van der Waals surface area contributed by atoms with E-state index in [1.54, 1.807) is 6.92 Å². The third-order valence-corrected chi connectivity index (χ3v) is 8.18. The molecule has 0 saturated carbocycles. The molecule has 0 radical (unpaired) electrons. The van der Waals surface area contributed by atoms with E-state index in [2.05, 4.69) is 33.7 Å². The van der Waals surface area contributed by atoms with Crippen LogP contribution in [0.1, 0.15) is 55.8 Å². The summed E-state index contributed by atoms with van der Waals surface area (Å²) in [6, 6.07) is 16.4. The minimum Gasteiger partial charge on any atom is -0.347 e. The summed E-state index contributed by atoms with van der Waals surface area (Å²) in [4.78, 5) is 42.1. The minimum atomic E-state index is -0.595. The number of anilines is 1. The zero-order chi connectivity index (χ0) is 25.3. The van der Waals surface area contributed by atoms with Gasteiger partial charge in [0, 0.05) is 51.1 Å². The summed E-state index contributed by atoms with van der Waals surface area (Å²) in [5.41, 5.74) is 4.06. The standard InChI is InChI=1S/C29H36N4O3/c1-20(34)31-29-18-32(21(2)35)16-15-25(29)28(23-10-4-3-5-11-23)33(19-29)17-27(36)30-26-14-8-12-22-9-6-7-13-24(22)26/h3-5,8,10-12,14,25,28H,6-7,9,13,15-19H2,1-2H3,(H,30,36)(H,31,34)/t25-,28-,29-/m1/s1. The molecule has 2 aromatic carbocycles. The maximum atomic E-state index is 13.4. The molecule has 2 heterocycles. The highest BCUT2D eigenvalue weighted by Crippen LogP contribution is 2.47. The maximum absolute atomic E-state index is 13.4. The summed E-state index contributed by atoms with van der Waals surface area (Å²) >= 11 is 0. The van der Waals surface area contributed by atoms with Crippen LogP contribution in [0.5, 0.6) is 0 Å². The molecule has 0 spiro atoms. The first-order valence-electron chi connectivity index (χ1n) is 13.1. The molecule has 3 atom stereocenters. The molecule has 2 saturated heterocycles. The van der Waals surface area contributed by atoms with Gasteiger partial charge in [0.15, 0.2) is 0 Å². The number of rotatable bonds is 5. The Kier molecular flexibility index (Phi) is 6.84. The van der Waals surface area contributed by atoms with Crippen molar-refractivity contribution in [2.45, 2.75) is 57.5 Å². The van der Waals surface area contributed by atoms with Crippen LogP contribution in [0.15, 0.2) is 48.5 Å². The van der Waals surface area contributed by atoms with Gasteiger partial charge in [0.1, 0.15) is 0 Å². The van der Waals surface area contributed by atoms with Gasteiger partial charge < -0.3 is 15.5 Å². The molecule has 2 N–H and O–H groups in total. The fourth-order valence-electron chi connectivity index (χ4n) is 6.76. The molecule has 36 heavy (non-hydrogen) atoms. The summed E-state index contributed by atoms with van der Waals surface area (Å²) < 4.78 is 0. The zero-order valence-electron chi connectivity index (χ0n) is 21.3. The van der Waals surface area contributed by atoms with E-state index in [1.807, 2.05) is 35.2 Å². The second kappa shape index (κ2) is 10.1. The number of likely N-dealkylation sites (tertiary alicyclic amines) is 2. The van der Waals surface area contributed by atoms with Crippen LogP contribution < -0.4 is 10.6 Å². The van der Waals surface area contributed by atoms with E-state index in [0.717, 1.165) is 36.9 Å². The van der Waals surface area contributed by atoms with E-state index < -0.39 is 5.54 Å². The number of aryl methyl sites for hydroxylation is 1. The summed E-state index contributed by atoms with van der Waals surface area (Å²) in [5, 5.41) is 6.43. The van der Waals surface area contributed by atoms with Crippen molar-refractivity contribution in [2.75, 3.05) is 31.5 Å². The Hall–Kier alpha value is -3.19. The lowest BCUT2D eigenvalue weighted by Gasteiger charge is -2.45.